The van der Waals surface area contributed by atoms with E-state index < -0.39 is 0 Å². The van der Waals surface area contributed by atoms with Crippen molar-refractivity contribution in [3.8, 4) is 0 Å². The van der Waals surface area contributed by atoms with E-state index in [0.717, 1.165) is 5.69 Å². The van der Waals surface area contributed by atoms with E-state index in [0.29, 0.717) is 19.1 Å². The molecule has 3 N–H and O–H groups in total. The highest BCUT2D eigenvalue weighted by Crippen LogP contribution is 2.27. The molecule has 1 fully saturated rings. The van der Waals surface area contributed by atoms with Gasteiger partial charge >= 0.3 is 0 Å². The SMILES string of the molecule is CN(CC(N)=NO)Cc1ccn(C2CCCCC2)n1. The Labute approximate surface area is 113 Å². The van der Waals surface area contributed by atoms with E-state index in [4.69, 9.17) is 10.9 Å². The van der Waals surface area contributed by atoms with Gasteiger partial charge in [-0.3, -0.25) is 9.58 Å². The van der Waals surface area contributed by atoms with Crippen LogP contribution in [-0.2, 0) is 6.54 Å². The van der Waals surface area contributed by atoms with Crippen LogP contribution in [0.25, 0.3) is 0 Å². The molecule has 0 saturated heterocycles. The minimum atomic E-state index is 0.217. The molecule has 6 heteroatoms. The lowest BCUT2D eigenvalue weighted by Gasteiger charge is -2.22. The Morgan fingerprint density at radius 3 is 2.95 bits per heavy atom. The first-order valence-corrected chi connectivity index (χ1v) is 6.88. The summed E-state index contributed by atoms with van der Waals surface area (Å²) in [6.45, 7) is 1.14. The number of nitrogens with zero attached hydrogens (tertiary/aromatic N) is 4. The molecule has 1 saturated carbocycles. The largest absolute Gasteiger partial charge is 0.409 e. The molecule has 0 spiro atoms. The summed E-state index contributed by atoms with van der Waals surface area (Å²) in [5.74, 6) is 0.217. The highest BCUT2D eigenvalue weighted by molar-refractivity contribution is 5.81. The van der Waals surface area contributed by atoms with E-state index in [2.05, 4.69) is 27.2 Å². The van der Waals surface area contributed by atoms with E-state index in [-0.39, 0.29) is 5.84 Å². The van der Waals surface area contributed by atoms with Gasteiger partial charge in [0.25, 0.3) is 0 Å². The van der Waals surface area contributed by atoms with Gasteiger partial charge in [0, 0.05) is 12.7 Å². The van der Waals surface area contributed by atoms with E-state index in [1.807, 2.05) is 11.9 Å². The summed E-state index contributed by atoms with van der Waals surface area (Å²) in [6.07, 6.45) is 8.52. The molecule has 0 atom stereocenters. The summed E-state index contributed by atoms with van der Waals surface area (Å²) >= 11 is 0. The van der Waals surface area contributed by atoms with Crippen LogP contribution in [0.4, 0.5) is 0 Å². The fourth-order valence-electron chi connectivity index (χ4n) is 2.65. The van der Waals surface area contributed by atoms with Crippen LogP contribution in [-0.4, -0.2) is 39.3 Å². The summed E-state index contributed by atoms with van der Waals surface area (Å²) < 4.78 is 2.10. The predicted molar refractivity (Wildman–Crippen MR) is 74.1 cm³/mol. The Bertz CT molecular complexity index is 422. The smallest absolute Gasteiger partial charge is 0.153 e. The minimum Gasteiger partial charge on any atom is -0.409 e. The van der Waals surface area contributed by atoms with Crippen LogP contribution in [0, 0.1) is 0 Å². The van der Waals surface area contributed by atoms with Crippen LogP contribution < -0.4 is 5.73 Å². The zero-order valence-corrected chi connectivity index (χ0v) is 11.5. The number of aromatic nitrogens is 2. The molecular formula is C13H23N5O. The van der Waals surface area contributed by atoms with Crippen LogP contribution in [0.3, 0.4) is 0 Å². The minimum absolute atomic E-state index is 0.217. The maximum Gasteiger partial charge on any atom is 0.153 e. The molecule has 1 aromatic rings. The van der Waals surface area contributed by atoms with E-state index in [9.17, 15) is 0 Å². The second-order valence-electron chi connectivity index (χ2n) is 5.34. The van der Waals surface area contributed by atoms with Crippen molar-refractivity contribution in [2.75, 3.05) is 13.6 Å². The van der Waals surface area contributed by atoms with Crippen LogP contribution in [0.1, 0.15) is 43.8 Å². The number of hydrogen-bond donors (Lipinski definition) is 2. The topological polar surface area (TPSA) is 79.7 Å². The number of likely N-dealkylation sites (N-methyl/N-ethyl adjacent to an activating group) is 1. The molecule has 6 nitrogen and oxygen atoms in total. The van der Waals surface area contributed by atoms with Crippen molar-refractivity contribution in [3.63, 3.8) is 0 Å². The Hall–Kier alpha value is -1.56. The first kappa shape index (κ1) is 13.9. The van der Waals surface area contributed by atoms with Gasteiger partial charge in [0.2, 0.25) is 0 Å². The van der Waals surface area contributed by atoms with Crippen molar-refractivity contribution >= 4 is 5.84 Å². The Balaban J connectivity index is 1.89. The molecule has 1 aromatic heterocycles. The quantitative estimate of drug-likeness (QED) is 0.366. The fourth-order valence-corrected chi connectivity index (χ4v) is 2.65. The lowest BCUT2D eigenvalue weighted by molar-refractivity contribution is 0.305. The van der Waals surface area contributed by atoms with Crippen LogP contribution in [0.15, 0.2) is 17.4 Å². The number of hydrogen-bond acceptors (Lipinski definition) is 4. The summed E-state index contributed by atoms with van der Waals surface area (Å²) in [7, 11) is 1.93. The number of rotatable bonds is 5. The van der Waals surface area contributed by atoms with E-state index in [1.165, 1.54) is 32.1 Å². The van der Waals surface area contributed by atoms with Crippen molar-refractivity contribution in [2.24, 2.45) is 10.9 Å². The van der Waals surface area contributed by atoms with Gasteiger partial charge in [0.05, 0.1) is 18.3 Å². The first-order chi connectivity index (χ1) is 9.19. The molecule has 1 heterocycles. The molecule has 2 rings (SSSR count). The standard InChI is InChI=1S/C13H23N5O/c1-17(10-13(14)16-19)9-11-7-8-18(15-11)12-5-3-2-4-6-12/h7-8,12,19H,2-6,9-10H2,1H3,(H2,14,16). The monoisotopic (exact) mass is 265 g/mol. The zero-order valence-electron chi connectivity index (χ0n) is 11.5. The van der Waals surface area contributed by atoms with Gasteiger partial charge < -0.3 is 10.9 Å². The average Bonchev–Trinajstić information content (AvgIpc) is 2.88. The highest BCUT2D eigenvalue weighted by Gasteiger charge is 2.16. The first-order valence-electron chi connectivity index (χ1n) is 6.88. The van der Waals surface area contributed by atoms with E-state index >= 15 is 0 Å². The van der Waals surface area contributed by atoms with Crippen molar-refractivity contribution in [2.45, 2.75) is 44.7 Å². The second kappa shape index (κ2) is 6.56. The third-order valence-corrected chi connectivity index (χ3v) is 3.60. The van der Waals surface area contributed by atoms with Gasteiger partial charge in [0.15, 0.2) is 5.84 Å². The molecule has 1 aliphatic rings. The summed E-state index contributed by atoms with van der Waals surface area (Å²) in [6, 6.07) is 2.62. The molecular weight excluding hydrogens is 242 g/mol. The van der Waals surface area contributed by atoms with Gasteiger partial charge in [-0.1, -0.05) is 24.4 Å². The zero-order chi connectivity index (χ0) is 13.7. The van der Waals surface area contributed by atoms with Gasteiger partial charge in [0.1, 0.15) is 0 Å². The molecule has 1 aliphatic carbocycles. The molecule has 19 heavy (non-hydrogen) atoms. The van der Waals surface area contributed by atoms with E-state index in [1.54, 1.807) is 0 Å². The second-order valence-corrected chi connectivity index (χ2v) is 5.34. The molecule has 0 amide bonds. The average molecular weight is 265 g/mol. The number of oxime groups is 1. The number of amidine groups is 1. The fraction of sp³-hybridized carbons (Fsp3) is 0.692. The van der Waals surface area contributed by atoms with Crippen LogP contribution in [0.2, 0.25) is 0 Å². The lowest BCUT2D eigenvalue weighted by atomic mass is 9.96. The van der Waals surface area contributed by atoms with Gasteiger partial charge in [-0.2, -0.15) is 5.10 Å². The molecule has 106 valence electrons. The predicted octanol–water partition coefficient (Wildman–Crippen LogP) is 1.57. The normalized spacial score (nSPS) is 18.1. The molecule has 0 unspecified atom stereocenters. The number of nitrogens with two attached hydrogens (primary N) is 1. The molecule has 0 radical (unpaired) electrons. The Morgan fingerprint density at radius 1 is 1.53 bits per heavy atom. The maximum atomic E-state index is 8.54. The third kappa shape index (κ3) is 3.96. The van der Waals surface area contributed by atoms with Crippen LogP contribution in [0.5, 0.6) is 0 Å². The summed E-state index contributed by atoms with van der Waals surface area (Å²) in [5, 5.41) is 16.2. The summed E-state index contributed by atoms with van der Waals surface area (Å²) in [4.78, 5) is 1.97. The lowest BCUT2D eigenvalue weighted by Crippen LogP contribution is -2.30. The van der Waals surface area contributed by atoms with Crippen molar-refractivity contribution in [3.05, 3.63) is 18.0 Å². The summed E-state index contributed by atoms with van der Waals surface area (Å²) in [5.41, 5.74) is 6.51. The van der Waals surface area contributed by atoms with Gasteiger partial charge in [-0.15, -0.1) is 0 Å². The maximum absolute atomic E-state index is 8.54. The highest BCUT2D eigenvalue weighted by atomic mass is 16.4. The van der Waals surface area contributed by atoms with Crippen molar-refractivity contribution in [1.82, 2.24) is 14.7 Å². The molecule has 0 aromatic carbocycles. The van der Waals surface area contributed by atoms with Crippen molar-refractivity contribution in [1.29, 1.82) is 0 Å². The van der Waals surface area contributed by atoms with Gasteiger partial charge in [-0.05, 0) is 26.0 Å². The Kier molecular flexibility index (Phi) is 4.79. The Morgan fingerprint density at radius 2 is 2.26 bits per heavy atom. The molecule has 0 bridgehead atoms. The van der Waals surface area contributed by atoms with Crippen LogP contribution >= 0.6 is 0 Å². The molecule has 0 aliphatic heterocycles. The van der Waals surface area contributed by atoms with Crippen molar-refractivity contribution < 1.29 is 5.21 Å². The van der Waals surface area contributed by atoms with Gasteiger partial charge in [-0.25, -0.2) is 0 Å². The third-order valence-electron chi connectivity index (χ3n) is 3.60.